The molecule has 0 aliphatic rings. The SMILES string of the molecule is Cc1cccc(F)c1Nc1ccc(N)cc1. The zero-order valence-electron chi connectivity index (χ0n) is 9.00. The maximum absolute atomic E-state index is 13.5. The number of hydrogen-bond donors (Lipinski definition) is 2. The topological polar surface area (TPSA) is 38.0 Å². The fourth-order valence-electron chi connectivity index (χ4n) is 1.50. The molecule has 82 valence electrons. The van der Waals surface area contributed by atoms with Crippen molar-refractivity contribution in [3.05, 3.63) is 53.8 Å². The summed E-state index contributed by atoms with van der Waals surface area (Å²) in [6.45, 7) is 1.86. The van der Waals surface area contributed by atoms with E-state index in [1.807, 2.05) is 25.1 Å². The quantitative estimate of drug-likeness (QED) is 0.754. The van der Waals surface area contributed by atoms with Gasteiger partial charge in [0.15, 0.2) is 0 Å². The van der Waals surface area contributed by atoms with Crippen molar-refractivity contribution in [1.29, 1.82) is 0 Å². The molecule has 0 unspecified atom stereocenters. The van der Waals surface area contributed by atoms with Gasteiger partial charge in [0.05, 0.1) is 5.69 Å². The molecule has 2 aromatic carbocycles. The Morgan fingerprint density at radius 2 is 1.75 bits per heavy atom. The number of para-hydroxylation sites is 1. The van der Waals surface area contributed by atoms with Crippen LogP contribution in [0.25, 0.3) is 0 Å². The molecule has 3 heteroatoms. The summed E-state index contributed by atoms with van der Waals surface area (Å²) in [7, 11) is 0. The standard InChI is InChI=1S/C13H13FN2/c1-9-3-2-4-12(14)13(9)16-11-7-5-10(15)6-8-11/h2-8,16H,15H2,1H3. The Balaban J connectivity index is 2.30. The molecule has 3 N–H and O–H groups in total. The molecule has 0 saturated carbocycles. The molecule has 2 aromatic rings. The fraction of sp³-hybridized carbons (Fsp3) is 0.0769. The van der Waals surface area contributed by atoms with E-state index in [4.69, 9.17) is 5.73 Å². The van der Waals surface area contributed by atoms with E-state index in [0.717, 1.165) is 11.3 Å². The van der Waals surface area contributed by atoms with Gasteiger partial charge in [-0.2, -0.15) is 0 Å². The molecule has 0 aromatic heterocycles. The second-order valence-corrected chi connectivity index (χ2v) is 3.68. The van der Waals surface area contributed by atoms with Gasteiger partial charge in [0, 0.05) is 11.4 Å². The lowest BCUT2D eigenvalue weighted by Crippen LogP contribution is -1.96. The number of anilines is 3. The highest BCUT2D eigenvalue weighted by molar-refractivity contribution is 5.64. The lowest BCUT2D eigenvalue weighted by molar-refractivity contribution is 0.631. The first kappa shape index (κ1) is 10.5. The molecule has 2 rings (SSSR count). The van der Waals surface area contributed by atoms with Gasteiger partial charge in [-0.3, -0.25) is 0 Å². The minimum atomic E-state index is -0.253. The molecule has 2 nitrogen and oxygen atoms in total. The van der Waals surface area contributed by atoms with Crippen LogP contribution in [-0.2, 0) is 0 Å². The first-order valence-corrected chi connectivity index (χ1v) is 5.04. The van der Waals surface area contributed by atoms with Crippen LogP contribution < -0.4 is 11.1 Å². The average molecular weight is 216 g/mol. The maximum atomic E-state index is 13.5. The normalized spacial score (nSPS) is 10.1. The number of nitrogen functional groups attached to an aromatic ring is 1. The van der Waals surface area contributed by atoms with Crippen LogP contribution in [0.3, 0.4) is 0 Å². The number of aryl methyl sites for hydroxylation is 1. The number of hydrogen-bond acceptors (Lipinski definition) is 2. The molecule has 0 saturated heterocycles. The molecule has 0 heterocycles. The third kappa shape index (κ3) is 2.14. The van der Waals surface area contributed by atoms with E-state index in [0.29, 0.717) is 11.4 Å². The zero-order valence-corrected chi connectivity index (χ0v) is 9.00. The van der Waals surface area contributed by atoms with Crippen molar-refractivity contribution in [2.45, 2.75) is 6.92 Å². The summed E-state index contributed by atoms with van der Waals surface area (Å²) in [5.74, 6) is -0.253. The van der Waals surface area contributed by atoms with Crippen LogP contribution >= 0.6 is 0 Å². The van der Waals surface area contributed by atoms with Crippen LogP contribution in [0.4, 0.5) is 21.5 Å². The van der Waals surface area contributed by atoms with Crippen molar-refractivity contribution in [2.24, 2.45) is 0 Å². The van der Waals surface area contributed by atoms with Crippen LogP contribution in [0.1, 0.15) is 5.56 Å². The summed E-state index contributed by atoms with van der Waals surface area (Å²) >= 11 is 0. The molecule has 0 atom stereocenters. The number of nitrogens with two attached hydrogens (primary N) is 1. The average Bonchev–Trinajstić information content (AvgIpc) is 2.26. The van der Waals surface area contributed by atoms with E-state index in [9.17, 15) is 4.39 Å². The minimum Gasteiger partial charge on any atom is -0.399 e. The summed E-state index contributed by atoms with van der Waals surface area (Å²) in [4.78, 5) is 0. The predicted molar refractivity (Wildman–Crippen MR) is 65.3 cm³/mol. The van der Waals surface area contributed by atoms with E-state index in [-0.39, 0.29) is 5.82 Å². The molecule has 0 aliphatic carbocycles. The van der Waals surface area contributed by atoms with Crippen LogP contribution in [0.5, 0.6) is 0 Å². The lowest BCUT2D eigenvalue weighted by Gasteiger charge is -2.10. The Hall–Kier alpha value is -2.03. The molecule has 0 aliphatic heterocycles. The van der Waals surface area contributed by atoms with Crippen molar-refractivity contribution in [1.82, 2.24) is 0 Å². The Bertz CT molecular complexity index is 472. The molecule has 16 heavy (non-hydrogen) atoms. The summed E-state index contributed by atoms with van der Waals surface area (Å²) in [6.07, 6.45) is 0. The van der Waals surface area contributed by atoms with Gasteiger partial charge in [0.2, 0.25) is 0 Å². The Kier molecular flexibility index (Phi) is 2.77. The summed E-state index contributed by atoms with van der Waals surface area (Å²) in [5, 5.41) is 3.04. The number of halogens is 1. The number of nitrogens with one attached hydrogen (secondary N) is 1. The van der Waals surface area contributed by atoms with E-state index in [1.165, 1.54) is 6.07 Å². The molecule has 0 amide bonds. The van der Waals surface area contributed by atoms with Crippen molar-refractivity contribution >= 4 is 17.1 Å². The largest absolute Gasteiger partial charge is 0.399 e. The van der Waals surface area contributed by atoms with Crippen LogP contribution in [-0.4, -0.2) is 0 Å². The van der Waals surface area contributed by atoms with Crippen LogP contribution in [0, 0.1) is 12.7 Å². The van der Waals surface area contributed by atoms with E-state index in [1.54, 1.807) is 18.2 Å². The zero-order chi connectivity index (χ0) is 11.5. The molecule has 0 spiro atoms. The van der Waals surface area contributed by atoms with Gasteiger partial charge in [-0.05, 0) is 42.8 Å². The van der Waals surface area contributed by atoms with Gasteiger partial charge in [-0.1, -0.05) is 12.1 Å². The molecule has 0 radical (unpaired) electrons. The number of rotatable bonds is 2. The Morgan fingerprint density at radius 1 is 1.06 bits per heavy atom. The maximum Gasteiger partial charge on any atom is 0.146 e. The monoisotopic (exact) mass is 216 g/mol. The van der Waals surface area contributed by atoms with E-state index < -0.39 is 0 Å². The van der Waals surface area contributed by atoms with Crippen LogP contribution in [0.2, 0.25) is 0 Å². The van der Waals surface area contributed by atoms with Crippen molar-refractivity contribution in [3.8, 4) is 0 Å². The van der Waals surface area contributed by atoms with Gasteiger partial charge in [0.1, 0.15) is 5.82 Å². The number of benzene rings is 2. The smallest absolute Gasteiger partial charge is 0.146 e. The third-order valence-corrected chi connectivity index (χ3v) is 2.40. The van der Waals surface area contributed by atoms with Crippen molar-refractivity contribution in [2.75, 3.05) is 11.1 Å². The molecular weight excluding hydrogens is 203 g/mol. The fourth-order valence-corrected chi connectivity index (χ4v) is 1.50. The molecule has 0 fully saturated rings. The van der Waals surface area contributed by atoms with Gasteiger partial charge in [0.25, 0.3) is 0 Å². The van der Waals surface area contributed by atoms with Gasteiger partial charge < -0.3 is 11.1 Å². The first-order chi connectivity index (χ1) is 7.66. The van der Waals surface area contributed by atoms with E-state index >= 15 is 0 Å². The summed E-state index contributed by atoms with van der Waals surface area (Å²) < 4.78 is 13.5. The van der Waals surface area contributed by atoms with Crippen LogP contribution in [0.15, 0.2) is 42.5 Å². The predicted octanol–water partition coefficient (Wildman–Crippen LogP) is 3.46. The molecular formula is C13H13FN2. The Morgan fingerprint density at radius 3 is 2.38 bits per heavy atom. The van der Waals surface area contributed by atoms with E-state index in [2.05, 4.69) is 5.32 Å². The van der Waals surface area contributed by atoms with Gasteiger partial charge in [-0.25, -0.2) is 4.39 Å². The lowest BCUT2D eigenvalue weighted by atomic mass is 10.2. The van der Waals surface area contributed by atoms with Gasteiger partial charge >= 0.3 is 0 Å². The summed E-state index contributed by atoms with van der Waals surface area (Å²) in [6, 6.07) is 12.2. The Labute approximate surface area is 93.9 Å². The first-order valence-electron chi connectivity index (χ1n) is 5.04. The van der Waals surface area contributed by atoms with Gasteiger partial charge in [-0.15, -0.1) is 0 Å². The second kappa shape index (κ2) is 4.23. The highest BCUT2D eigenvalue weighted by atomic mass is 19.1. The molecule has 0 bridgehead atoms. The third-order valence-electron chi connectivity index (χ3n) is 2.40. The minimum absolute atomic E-state index is 0.253. The second-order valence-electron chi connectivity index (χ2n) is 3.68. The summed E-state index contributed by atoms with van der Waals surface area (Å²) in [5.41, 5.74) is 8.47. The van der Waals surface area contributed by atoms with Crippen molar-refractivity contribution in [3.63, 3.8) is 0 Å². The highest BCUT2D eigenvalue weighted by Gasteiger charge is 2.04. The van der Waals surface area contributed by atoms with Crippen molar-refractivity contribution < 1.29 is 4.39 Å². The highest BCUT2D eigenvalue weighted by Crippen LogP contribution is 2.23.